The zero-order chi connectivity index (χ0) is 12.7. The minimum atomic E-state index is -0.220. The molecule has 0 aliphatic rings. The predicted molar refractivity (Wildman–Crippen MR) is 65.4 cm³/mol. The van der Waals surface area contributed by atoms with Crippen LogP contribution in [0.2, 0.25) is 0 Å². The highest BCUT2D eigenvalue weighted by Gasteiger charge is 1.97. The summed E-state index contributed by atoms with van der Waals surface area (Å²) < 4.78 is 0. The van der Waals surface area contributed by atoms with E-state index in [1.54, 1.807) is 36.4 Å². The van der Waals surface area contributed by atoms with E-state index in [2.05, 4.69) is 10.3 Å². The molecular formula is C11H10N6. The van der Waals surface area contributed by atoms with Crippen LogP contribution in [-0.4, -0.2) is 6.34 Å². The van der Waals surface area contributed by atoms with Crippen molar-refractivity contribution in [2.45, 2.75) is 0 Å². The molecule has 0 fully saturated rings. The summed E-state index contributed by atoms with van der Waals surface area (Å²) in [6.45, 7) is 0. The molecule has 1 rings (SSSR count). The minimum absolute atomic E-state index is 0.129. The summed E-state index contributed by atoms with van der Waals surface area (Å²) in [5.41, 5.74) is 11.8. The molecule has 1 aromatic rings. The molecule has 0 unspecified atom stereocenters. The van der Waals surface area contributed by atoms with E-state index >= 15 is 0 Å². The summed E-state index contributed by atoms with van der Waals surface area (Å²) in [6, 6.07) is 10.3. The van der Waals surface area contributed by atoms with Crippen LogP contribution in [0.3, 0.4) is 0 Å². The lowest BCUT2D eigenvalue weighted by Gasteiger charge is -1.99. The van der Waals surface area contributed by atoms with Crippen molar-refractivity contribution in [3.8, 4) is 12.1 Å². The molecule has 6 nitrogen and oxygen atoms in total. The van der Waals surface area contributed by atoms with Gasteiger partial charge >= 0.3 is 0 Å². The van der Waals surface area contributed by atoms with Crippen molar-refractivity contribution in [2.24, 2.45) is 10.7 Å². The van der Waals surface area contributed by atoms with Gasteiger partial charge in [-0.15, -0.1) is 0 Å². The van der Waals surface area contributed by atoms with Crippen LogP contribution in [0.5, 0.6) is 0 Å². The van der Waals surface area contributed by atoms with E-state index < -0.39 is 0 Å². The van der Waals surface area contributed by atoms with E-state index in [-0.39, 0.29) is 11.4 Å². The topological polar surface area (TPSA) is 124 Å². The quantitative estimate of drug-likeness (QED) is 0.306. The summed E-state index contributed by atoms with van der Waals surface area (Å²) >= 11 is 0. The number of hydrogen-bond donors (Lipinski definition) is 3. The molecule has 0 radical (unpaired) electrons. The molecule has 0 amide bonds. The maximum Gasteiger partial charge on any atom is 0.175 e. The Kier molecular flexibility index (Phi) is 4.11. The molecule has 0 aromatic heterocycles. The van der Waals surface area contributed by atoms with Gasteiger partial charge < -0.3 is 16.8 Å². The molecule has 0 atom stereocenters. The van der Waals surface area contributed by atoms with Crippen LogP contribution in [0.25, 0.3) is 0 Å². The number of benzene rings is 1. The standard InChI is InChI=1S/C11H10N6/c12-5-10(15)11(6-13)17-7-16-9-3-1-8(14)2-4-9/h1-4,7H,14-15H2,(H,16,17). The van der Waals surface area contributed by atoms with Gasteiger partial charge in [-0.05, 0) is 24.3 Å². The smallest absolute Gasteiger partial charge is 0.175 e. The number of nitrogens with two attached hydrogens (primary N) is 2. The van der Waals surface area contributed by atoms with Gasteiger partial charge in [-0.1, -0.05) is 0 Å². The Morgan fingerprint density at radius 1 is 1.24 bits per heavy atom. The van der Waals surface area contributed by atoms with Crippen LogP contribution in [0.1, 0.15) is 0 Å². The Labute approximate surface area is 98.5 Å². The second-order valence-corrected chi connectivity index (χ2v) is 3.01. The molecule has 0 aliphatic heterocycles. The highest BCUT2D eigenvalue weighted by Crippen LogP contribution is 2.09. The predicted octanol–water partition coefficient (Wildman–Crippen LogP) is 0.926. The van der Waals surface area contributed by atoms with Gasteiger partial charge in [0.05, 0.1) is 6.34 Å². The van der Waals surface area contributed by atoms with Crippen LogP contribution in [0.4, 0.5) is 11.4 Å². The lowest BCUT2D eigenvalue weighted by molar-refractivity contribution is 1.27. The second kappa shape index (κ2) is 5.79. The molecule has 84 valence electrons. The Hall–Kier alpha value is -2.99. The maximum atomic E-state index is 8.66. The SMILES string of the molecule is N#CC(N)=C(C#N)N=CNc1ccc(N)cc1. The van der Waals surface area contributed by atoms with Gasteiger partial charge in [-0.25, -0.2) is 4.99 Å². The Morgan fingerprint density at radius 3 is 2.41 bits per heavy atom. The first-order chi connectivity index (χ1) is 8.17. The van der Waals surface area contributed by atoms with Crippen molar-refractivity contribution in [3.63, 3.8) is 0 Å². The Balaban J connectivity index is 2.72. The van der Waals surface area contributed by atoms with E-state index in [4.69, 9.17) is 22.0 Å². The average molecular weight is 226 g/mol. The molecule has 1 aromatic carbocycles. The van der Waals surface area contributed by atoms with Crippen molar-refractivity contribution >= 4 is 17.7 Å². The van der Waals surface area contributed by atoms with Crippen molar-refractivity contribution in [3.05, 3.63) is 35.7 Å². The normalized spacial score (nSPS) is 11.4. The first-order valence-corrected chi connectivity index (χ1v) is 4.62. The Morgan fingerprint density at radius 2 is 1.88 bits per heavy atom. The number of hydrogen-bond acceptors (Lipinski definition) is 5. The van der Waals surface area contributed by atoms with Crippen LogP contribution in [-0.2, 0) is 0 Å². The van der Waals surface area contributed by atoms with Crippen LogP contribution in [0.15, 0.2) is 40.7 Å². The fraction of sp³-hybridized carbons (Fsp3) is 0. The van der Waals surface area contributed by atoms with E-state index in [9.17, 15) is 0 Å². The zero-order valence-corrected chi connectivity index (χ0v) is 8.88. The van der Waals surface area contributed by atoms with Gasteiger partial charge in [0.15, 0.2) is 5.70 Å². The summed E-state index contributed by atoms with van der Waals surface area (Å²) in [5, 5.41) is 20.0. The molecule has 0 saturated heterocycles. The molecule has 5 N–H and O–H groups in total. The molecule has 17 heavy (non-hydrogen) atoms. The highest BCUT2D eigenvalue weighted by molar-refractivity contribution is 5.77. The van der Waals surface area contributed by atoms with Crippen molar-refractivity contribution in [1.29, 1.82) is 10.5 Å². The average Bonchev–Trinajstić information content (AvgIpc) is 2.36. The van der Waals surface area contributed by atoms with E-state index in [0.29, 0.717) is 5.69 Å². The number of aliphatic imine (C=N–C) groups is 1. The van der Waals surface area contributed by atoms with E-state index in [0.717, 1.165) is 5.69 Å². The first kappa shape index (κ1) is 12.1. The van der Waals surface area contributed by atoms with E-state index in [1.165, 1.54) is 6.34 Å². The van der Waals surface area contributed by atoms with Crippen LogP contribution < -0.4 is 16.8 Å². The number of nitrogens with one attached hydrogen (secondary N) is 1. The summed E-state index contributed by atoms with van der Waals surface area (Å²) in [4.78, 5) is 3.73. The van der Waals surface area contributed by atoms with Crippen molar-refractivity contribution < 1.29 is 0 Å². The van der Waals surface area contributed by atoms with Gasteiger partial charge in [0.25, 0.3) is 0 Å². The third-order valence-electron chi connectivity index (χ3n) is 1.82. The zero-order valence-electron chi connectivity index (χ0n) is 8.88. The molecule has 0 spiro atoms. The van der Waals surface area contributed by atoms with E-state index in [1.807, 2.05) is 0 Å². The lowest BCUT2D eigenvalue weighted by Crippen LogP contribution is -2.00. The van der Waals surface area contributed by atoms with Gasteiger partial charge in [-0.3, -0.25) is 0 Å². The lowest BCUT2D eigenvalue weighted by atomic mass is 10.3. The number of nitrogens with zero attached hydrogens (tertiary/aromatic N) is 3. The van der Waals surface area contributed by atoms with Crippen LogP contribution >= 0.6 is 0 Å². The first-order valence-electron chi connectivity index (χ1n) is 4.62. The molecule has 0 aliphatic carbocycles. The van der Waals surface area contributed by atoms with Gasteiger partial charge in [-0.2, -0.15) is 10.5 Å². The third kappa shape index (κ3) is 3.57. The maximum absolute atomic E-state index is 8.66. The fourth-order valence-electron chi connectivity index (χ4n) is 0.962. The monoisotopic (exact) mass is 226 g/mol. The number of nitriles is 2. The molecule has 0 bridgehead atoms. The minimum Gasteiger partial charge on any atom is -0.399 e. The number of nitrogen functional groups attached to an aromatic ring is 1. The summed E-state index contributed by atoms with van der Waals surface area (Å²) in [5.74, 6) is 0. The summed E-state index contributed by atoms with van der Waals surface area (Å²) in [6.07, 6.45) is 1.29. The highest BCUT2D eigenvalue weighted by atomic mass is 14.9. The van der Waals surface area contributed by atoms with Crippen molar-refractivity contribution in [2.75, 3.05) is 11.1 Å². The molecular weight excluding hydrogens is 216 g/mol. The van der Waals surface area contributed by atoms with Gasteiger partial charge in [0.2, 0.25) is 0 Å². The fourth-order valence-corrected chi connectivity index (χ4v) is 0.962. The Bertz CT molecular complexity index is 527. The molecule has 0 heterocycles. The number of rotatable bonds is 3. The third-order valence-corrected chi connectivity index (χ3v) is 1.82. The summed E-state index contributed by atoms with van der Waals surface area (Å²) in [7, 11) is 0. The van der Waals surface area contributed by atoms with Crippen LogP contribution in [0, 0.1) is 22.7 Å². The van der Waals surface area contributed by atoms with Gasteiger partial charge in [0.1, 0.15) is 17.8 Å². The second-order valence-electron chi connectivity index (χ2n) is 3.01. The number of anilines is 2. The largest absolute Gasteiger partial charge is 0.399 e. The van der Waals surface area contributed by atoms with Crippen molar-refractivity contribution in [1.82, 2.24) is 0 Å². The number of allylic oxidation sites excluding steroid dienone is 2. The molecule has 6 heteroatoms. The van der Waals surface area contributed by atoms with Gasteiger partial charge in [0, 0.05) is 11.4 Å². The molecule has 0 saturated carbocycles.